The summed E-state index contributed by atoms with van der Waals surface area (Å²) in [5.41, 5.74) is 0. The summed E-state index contributed by atoms with van der Waals surface area (Å²) < 4.78 is -1.03. The minimum atomic E-state index is -0.660. The number of amides is 3. The van der Waals surface area contributed by atoms with E-state index in [4.69, 9.17) is 0 Å². The van der Waals surface area contributed by atoms with Gasteiger partial charge in [0.05, 0.1) is 23.2 Å². The van der Waals surface area contributed by atoms with Gasteiger partial charge in [0.1, 0.15) is 6.04 Å². The van der Waals surface area contributed by atoms with Gasteiger partial charge in [-0.3, -0.25) is 14.4 Å². The van der Waals surface area contributed by atoms with Gasteiger partial charge in [0, 0.05) is 37.0 Å². The van der Waals surface area contributed by atoms with Gasteiger partial charge in [-0.15, -0.1) is 24.9 Å². The van der Waals surface area contributed by atoms with Crippen LogP contribution < -0.4 is 0 Å². The molecule has 4 aliphatic rings. The van der Waals surface area contributed by atoms with Crippen LogP contribution in [0.1, 0.15) is 65.2 Å². The van der Waals surface area contributed by atoms with Crippen molar-refractivity contribution in [1.82, 2.24) is 14.7 Å². The second kappa shape index (κ2) is 10.9. The Morgan fingerprint density at radius 1 is 1.14 bits per heavy atom. The van der Waals surface area contributed by atoms with E-state index >= 15 is 0 Å². The molecule has 36 heavy (non-hydrogen) atoms. The van der Waals surface area contributed by atoms with Crippen LogP contribution in [0.15, 0.2) is 25.3 Å². The number of carbonyl (C=O) groups is 3. The first-order valence-electron chi connectivity index (χ1n) is 13.7. The third-order valence-corrected chi connectivity index (χ3v) is 10.9. The summed E-state index contributed by atoms with van der Waals surface area (Å²) in [6, 6.07) is -0.511. The molecule has 0 radical (unpaired) electrons. The van der Waals surface area contributed by atoms with E-state index in [9.17, 15) is 19.5 Å². The lowest BCUT2D eigenvalue weighted by molar-refractivity contribution is -0.146. The highest BCUT2D eigenvalue weighted by molar-refractivity contribution is 8.02. The molecule has 2 bridgehead atoms. The van der Waals surface area contributed by atoms with Crippen molar-refractivity contribution in [1.29, 1.82) is 0 Å². The van der Waals surface area contributed by atoms with Gasteiger partial charge >= 0.3 is 0 Å². The van der Waals surface area contributed by atoms with Crippen LogP contribution >= 0.6 is 11.8 Å². The maximum Gasteiger partial charge on any atom is 0.247 e. The Morgan fingerprint density at radius 3 is 2.44 bits per heavy atom. The van der Waals surface area contributed by atoms with Crippen molar-refractivity contribution < 1.29 is 19.5 Å². The van der Waals surface area contributed by atoms with E-state index in [1.54, 1.807) is 28.8 Å². The lowest BCUT2D eigenvalue weighted by Gasteiger charge is -2.41. The number of hydrogen-bond donors (Lipinski definition) is 1. The van der Waals surface area contributed by atoms with Crippen molar-refractivity contribution >= 4 is 29.5 Å². The quantitative estimate of drug-likeness (QED) is 0.426. The van der Waals surface area contributed by atoms with Crippen LogP contribution in [0.2, 0.25) is 0 Å². The molecule has 3 saturated heterocycles. The Kier molecular flexibility index (Phi) is 8.25. The number of hydrogen-bond acceptors (Lipinski definition) is 5. The molecule has 1 saturated carbocycles. The van der Waals surface area contributed by atoms with Gasteiger partial charge in [-0.05, 0) is 39.0 Å². The molecule has 5 atom stereocenters. The maximum atomic E-state index is 14.4. The predicted octanol–water partition coefficient (Wildman–Crippen LogP) is 3.23. The summed E-state index contributed by atoms with van der Waals surface area (Å²) in [6.45, 7) is 13.3. The fourth-order valence-electron chi connectivity index (χ4n) is 7.45. The number of fused-ring (bicyclic) bond motifs is 1. The molecule has 1 spiro atoms. The maximum absolute atomic E-state index is 14.4. The molecule has 0 aromatic rings. The Bertz CT molecular complexity index is 890. The topological polar surface area (TPSA) is 81.2 Å². The van der Waals surface area contributed by atoms with E-state index in [0.717, 1.165) is 44.9 Å². The zero-order chi connectivity index (χ0) is 26.1. The monoisotopic (exact) mass is 517 g/mol. The van der Waals surface area contributed by atoms with Crippen LogP contribution in [0.5, 0.6) is 0 Å². The average molecular weight is 518 g/mol. The van der Waals surface area contributed by atoms with Crippen LogP contribution in [0.25, 0.3) is 0 Å². The van der Waals surface area contributed by atoms with E-state index in [2.05, 4.69) is 20.1 Å². The highest BCUT2D eigenvalue weighted by atomic mass is 32.2. The number of aliphatic hydroxyl groups excluding tert-OH is 1. The predicted molar refractivity (Wildman–Crippen MR) is 143 cm³/mol. The number of nitrogens with zero attached hydrogens (tertiary/aromatic N) is 3. The van der Waals surface area contributed by atoms with Crippen LogP contribution in [0, 0.1) is 11.8 Å². The van der Waals surface area contributed by atoms with Crippen molar-refractivity contribution in [3.63, 3.8) is 0 Å². The number of rotatable bonds is 11. The zero-order valence-corrected chi connectivity index (χ0v) is 22.8. The molecular formula is C28H43N3O4S. The third-order valence-electron chi connectivity index (χ3n) is 8.90. The molecule has 1 N–H and O–H groups in total. The third kappa shape index (κ3) is 4.32. The van der Waals surface area contributed by atoms with Gasteiger partial charge in [0.25, 0.3) is 0 Å². The van der Waals surface area contributed by atoms with Crippen molar-refractivity contribution in [2.45, 2.75) is 86.8 Å². The van der Waals surface area contributed by atoms with E-state index in [-0.39, 0.29) is 41.7 Å². The van der Waals surface area contributed by atoms with Gasteiger partial charge in [-0.1, -0.05) is 38.3 Å². The minimum Gasteiger partial charge on any atom is -0.395 e. The molecule has 7 nitrogen and oxygen atoms in total. The summed E-state index contributed by atoms with van der Waals surface area (Å²) in [6.07, 6.45) is 11.2. The molecule has 200 valence electrons. The molecule has 2 unspecified atom stereocenters. The van der Waals surface area contributed by atoms with Crippen LogP contribution in [-0.2, 0) is 14.4 Å². The summed E-state index contributed by atoms with van der Waals surface area (Å²) in [5, 5.41) is 9.89. The average Bonchev–Trinajstić information content (AvgIpc) is 3.43. The molecule has 4 rings (SSSR count). The first-order chi connectivity index (χ1) is 17.3. The SMILES string of the molecule is C=CCN(CCC)C(=O)[C@H]1[C@H]2C(=O)N(CCO)C(C(=O)N(CC=C)C3CCCCC3)C23CC[C@]1(C)S3. The first-order valence-corrected chi connectivity index (χ1v) is 14.5. The number of aliphatic hydroxyl groups is 1. The van der Waals surface area contributed by atoms with E-state index in [0.29, 0.717) is 19.6 Å². The van der Waals surface area contributed by atoms with Crippen LogP contribution in [0.3, 0.4) is 0 Å². The second-order valence-electron chi connectivity index (χ2n) is 11.1. The summed E-state index contributed by atoms with van der Waals surface area (Å²) in [7, 11) is 0. The Morgan fingerprint density at radius 2 is 1.83 bits per heavy atom. The smallest absolute Gasteiger partial charge is 0.247 e. The lowest BCUT2D eigenvalue weighted by atomic mass is 9.66. The standard InChI is InChI=1S/C28H43N3O4S/c1-5-15-29(16-6-2)24(33)21-22-25(34)31(18-19-32)23(28(22)14-13-27(21,4)36-28)26(35)30(17-7-3)20-11-9-8-10-12-20/h5,7,20-23,32H,1,3,6,8-19H2,2,4H3/t21-,22+,23?,27+,28?/m1/s1. The largest absolute Gasteiger partial charge is 0.395 e. The molecule has 0 aromatic carbocycles. The van der Waals surface area contributed by atoms with Gasteiger partial charge in [-0.2, -0.15) is 0 Å². The van der Waals surface area contributed by atoms with Crippen molar-refractivity contribution in [2.24, 2.45) is 11.8 Å². The van der Waals surface area contributed by atoms with Crippen molar-refractivity contribution in [2.75, 3.05) is 32.8 Å². The number of thioether (sulfide) groups is 1. The fourth-order valence-corrected chi connectivity index (χ4v) is 9.79. The van der Waals surface area contributed by atoms with E-state index in [1.807, 2.05) is 16.7 Å². The van der Waals surface area contributed by atoms with E-state index in [1.165, 1.54) is 6.42 Å². The van der Waals surface area contributed by atoms with Gasteiger partial charge in [0.2, 0.25) is 17.7 Å². The highest BCUT2D eigenvalue weighted by Crippen LogP contribution is 2.71. The number of β-amino-alcohol motifs (C(OH)–C–C–N with tert-alkyl or cyclic N) is 1. The lowest BCUT2D eigenvalue weighted by Crippen LogP contribution is -2.57. The number of likely N-dealkylation sites (tertiary alicyclic amines) is 1. The van der Waals surface area contributed by atoms with Crippen molar-refractivity contribution in [3.05, 3.63) is 25.3 Å². The van der Waals surface area contributed by atoms with E-state index < -0.39 is 22.6 Å². The molecule has 3 amide bonds. The molecule has 1 aliphatic carbocycles. The second-order valence-corrected chi connectivity index (χ2v) is 13.0. The zero-order valence-electron chi connectivity index (χ0n) is 22.0. The molecule has 3 heterocycles. The van der Waals surface area contributed by atoms with Crippen LogP contribution in [0.4, 0.5) is 0 Å². The summed E-state index contributed by atoms with van der Waals surface area (Å²) in [4.78, 5) is 47.8. The van der Waals surface area contributed by atoms with Gasteiger partial charge in [-0.25, -0.2) is 0 Å². The number of carbonyl (C=O) groups excluding carboxylic acids is 3. The molecule has 4 fully saturated rings. The fraction of sp³-hybridized carbons (Fsp3) is 0.750. The summed E-state index contributed by atoms with van der Waals surface area (Å²) >= 11 is 1.70. The normalized spacial score (nSPS) is 33.5. The molecule has 3 aliphatic heterocycles. The first kappa shape index (κ1) is 27.2. The Labute approximate surface area is 220 Å². The minimum absolute atomic E-state index is 0.000972. The van der Waals surface area contributed by atoms with Crippen LogP contribution in [-0.4, -0.2) is 91.9 Å². The molecule has 8 heteroatoms. The molecule has 0 aromatic heterocycles. The molecular weight excluding hydrogens is 474 g/mol. The Hall–Kier alpha value is -1.80. The highest BCUT2D eigenvalue weighted by Gasteiger charge is 2.77. The van der Waals surface area contributed by atoms with Crippen molar-refractivity contribution in [3.8, 4) is 0 Å². The van der Waals surface area contributed by atoms with Gasteiger partial charge in [0.15, 0.2) is 0 Å². The van der Waals surface area contributed by atoms with Gasteiger partial charge < -0.3 is 19.8 Å². The summed E-state index contributed by atoms with van der Waals surface area (Å²) in [5.74, 6) is -1.20. The Balaban J connectivity index is 1.73.